The summed E-state index contributed by atoms with van der Waals surface area (Å²) in [4.78, 5) is 9.02. The Morgan fingerprint density at radius 3 is 2.79 bits per heavy atom. The molecule has 1 N–H and O–H groups in total. The normalized spacial score (nSPS) is 15.6. The van der Waals surface area contributed by atoms with Crippen LogP contribution in [0.4, 0.5) is 0 Å². The van der Waals surface area contributed by atoms with Gasteiger partial charge in [-0.05, 0) is 49.9 Å². The number of nitrogens with zero attached hydrogens (tertiary/aromatic N) is 2. The third-order valence-corrected chi connectivity index (χ3v) is 5.45. The highest BCUT2D eigenvalue weighted by molar-refractivity contribution is 7.09. The lowest BCUT2D eigenvalue weighted by Gasteiger charge is -2.14. The summed E-state index contributed by atoms with van der Waals surface area (Å²) >= 11 is 7.65. The first-order valence-electron chi connectivity index (χ1n) is 8.05. The van der Waals surface area contributed by atoms with Gasteiger partial charge in [0.1, 0.15) is 5.01 Å². The van der Waals surface area contributed by atoms with Crippen LogP contribution >= 0.6 is 22.9 Å². The Bertz CT molecular complexity index is 823. The fraction of sp³-hybridized carbons (Fsp3) is 0.333. The first-order valence-corrected chi connectivity index (χ1v) is 9.31. The maximum Gasteiger partial charge on any atom is 0.208 e. The molecule has 2 aromatic heterocycles. The second-order valence-corrected chi connectivity index (χ2v) is 7.47. The van der Waals surface area contributed by atoms with Gasteiger partial charge in [0.25, 0.3) is 0 Å². The van der Waals surface area contributed by atoms with Crippen LogP contribution in [-0.2, 0) is 6.54 Å². The van der Waals surface area contributed by atoms with Crippen LogP contribution in [0.2, 0.25) is 5.02 Å². The van der Waals surface area contributed by atoms with E-state index in [1.54, 1.807) is 17.5 Å². The Morgan fingerprint density at radius 2 is 2.12 bits per heavy atom. The van der Waals surface area contributed by atoms with E-state index in [-0.39, 0.29) is 0 Å². The molecule has 0 unspecified atom stereocenters. The molecule has 1 saturated carbocycles. The molecule has 0 amide bonds. The van der Waals surface area contributed by atoms with Crippen LogP contribution in [0.3, 0.4) is 0 Å². The predicted octanol–water partition coefficient (Wildman–Crippen LogP) is 5.00. The van der Waals surface area contributed by atoms with Crippen molar-refractivity contribution >= 4 is 22.9 Å². The van der Waals surface area contributed by atoms with Crippen molar-refractivity contribution in [2.75, 3.05) is 0 Å². The lowest BCUT2D eigenvalue weighted by atomic mass is 10.2. The molecule has 1 aliphatic carbocycles. The lowest BCUT2D eigenvalue weighted by molar-refractivity contribution is 0.419. The van der Waals surface area contributed by atoms with Gasteiger partial charge in [0.15, 0.2) is 5.76 Å². The van der Waals surface area contributed by atoms with Crippen LogP contribution in [0.1, 0.15) is 35.5 Å². The SMILES string of the molecule is Cc1csc([C@@H](NCc2ncc(-c3ccc(Cl)cc3)o2)C2CC2)n1. The van der Waals surface area contributed by atoms with Crippen molar-refractivity contribution in [1.82, 2.24) is 15.3 Å². The van der Waals surface area contributed by atoms with E-state index in [1.165, 1.54) is 17.8 Å². The third-order valence-electron chi connectivity index (χ3n) is 4.15. The predicted molar refractivity (Wildman–Crippen MR) is 96.1 cm³/mol. The van der Waals surface area contributed by atoms with Gasteiger partial charge >= 0.3 is 0 Å². The zero-order chi connectivity index (χ0) is 16.5. The second kappa shape index (κ2) is 6.67. The first kappa shape index (κ1) is 15.8. The summed E-state index contributed by atoms with van der Waals surface area (Å²) in [6.07, 6.45) is 4.29. The van der Waals surface area contributed by atoms with Crippen molar-refractivity contribution in [3.05, 3.63) is 57.5 Å². The number of thiazole rings is 1. The average Bonchev–Trinajstić information content (AvgIpc) is 3.14. The van der Waals surface area contributed by atoms with Gasteiger partial charge in [0.05, 0.1) is 18.8 Å². The molecule has 3 aromatic rings. The zero-order valence-electron chi connectivity index (χ0n) is 13.3. The van der Waals surface area contributed by atoms with Gasteiger partial charge in [-0.3, -0.25) is 5.32 Å². The van der Waals surface area contributed by atoms with E-state index in [1.807, 2.05) is 31.2 Å². The van der Waals surface area contributed by atoms with Crippen molar-refractivity contribution in [3.63, 3.8) is 0 Å². The number of hydrogen-bond donors (Lipinski definition) is 1. The minimum absolute atomic E-state index is 0.301. The molecule has 24 heavy (non-hydrogen) atoms. The molecule has 0 bridgehead atoms. The molecule has 0 spiro atoms. The van der Waals surface area contributed by atoms with E-state index in [0.717, 1.165) is 17.0 Å². The van der Waals surface area contributed by atoms with Crippen LogP contribution in [0, 0.1) is 12.8 Å². The van der Waals surface area contributed by atoms with Crippen LogP contribution in [0.25, 0.3) is 11.3 Å². The highest BCUT2D eigenvalue weighted by Gasteiger charge is 2.34. The number of aryl methyl sites for hydroxylation is 1. The van der Waals surface area contributed by atoms with Gasteiger partial charge in [0, 0.05) is 21.7 Å². The Hall–Kier alpha value is -1.69. The lowest BCUT2D eigenvalue weighted by Crippen LogP contribution is -2.22. The van der Waals surface area contributed by atoms with Gasteiger partial charge in [-0.15, -0.1) is 11.3 Å². The number of rotatable bonds is 6. The quantitative estimate of drug-likeness (QED) is 0.672. The summed E-state index contributed by atoms with van der Waals surface area (Å²) in [5.41, 5.74) is 2.07. The van der Waals surface area contributed by atoms with Crippen molar-refractivity contribution in [2.45, 2.75) is 32.4 Å². The molecule has 4 nitrogen and oxygen atoms in total. The minimum Gasteiger partial charge on any atom is -0.439 e. The molecule has 2 heterocycles. The summed E-state index contributed by atoms with van der Waals surface area (Å²) in [6.45, 7) is 2.64. The number of hydrogen-bond acceptors (Lipinski definition) is 5. The summed E-state index contributed by atoms with van der Waals surface area (Å²) in [6, 6.07) is 7.88. The van der Waals surface area contributed by atoms with E-state index in [9.17, 15) is 0 Å². The molecule has 4 rings (SSSR count). The number of benzene rings is 1. The van der Waals surface area contributed by atoms with Crippen LogP contribution < -0.4 is 5.32 Å². The molecule has 0 aliphatic heterocycles. The third kappa shape index (κ3) is 3.53. The molecular weight excluding hydrogens is 342 g/mol. The Morgan fingerprint density at radius 1 is 1.33 bits per heavy atom. The number of aromatic nitrogens is 2. The molecular formula is C18H18ClN3OS. The molecule has 6 heteroatoms. The van der Waals surface area contributed by atoms with Crippen molar-refractivity contribution in [3.8, 4) is 11.3 Å². The monoisotopic (exact) mass is 359 g/mol. The zero-order valence-corrected chi connectivity index (χ0v) is 14.9. The highest BCUT2D eigenvalue weighted by atomic mass is 35.5. The molecule has 124 valence electrons. The topological polar surface area (TPSA) is 51.0 Å². The molecule has 1 atom stereocenters. The molecule has 0 saturated heterocycles. The maximum atomic E-state index is 5.92. The van der Waals surface area contributed by atoms with E-state index < -0.39 is 0 Å². The smallest absolute Gasteiger partial charge is 0.208 e. The first-order chi connectivity index (χ1) is 11.7. The summed E-state index contributed by atoms with van der Waals surface area (Å²) in [5.74, 6) is 2.14. The van der Waals surface area contributed by atoms with Crippen molar-refractivity contribution in [2.24, 2.45) is 5.92 Å². The second-order valence-electron chi connectivity index (χ2n) is 6.15. The standard InChI is InChI=1S/C18H18ClN3OS/c1-11-10-24-18(22-11)17(13-2-3-13)21-9-16-20-8-15(23-16)12-4-6-14(19)7-5-12/h4-8,10,13,17,21H,2-3,9H2,1H3/t17-/m0/s1. The van der Waals surface area contributed by atoms with E-state index in [0.29, 0.717) is 29.4 Å². The van der Waals surface area contributed by atoms with Crippen molar-refractivity contribution in [1.29, 1.82) is 0 Å². The molecule has 1 fully saturated rings. The van der Waals surface area contributed by atoms with Crippen LogP contribution in [-0.4, -0.2) is 9.97 Å². The number of halogens is 1. The largest absolute Gasteiger partial charge is 0.439 e. The summed E-state index contributed by atoms with van der Waals surface area (Å²) in [5, 5.41) is 7.56. The Balaban J connectivity index is 1.44. The van der Waals surface area contributed by atoms with Gasteiger partial charge in [-0.2, -0.15) is 0 Å². The van der Waals surface area contributed by atoms with Gasteiger partial charge in [-0.25, -0.2) is 9.97 Å². The van der Waals surface area contributed by atoms with Gasteiger partial charge < -0.3 is 4.42 Å². The Labute approximate surface area is 149 Å². The van der Waals surface area contributed by atoms with E-state index in [4.69, 9.17) is 16.0 Å². The van der Waals surface area contributed by atoms with Crippen LogP contribution in [0.5, 0.6) is 0 Å². The van der Waals surface area contributed by atoms with Crippen molar-refractivity contribution < 1.29 is 4.42 Å². The van der Waals surface area contributed by atoms with Gasteiger partial charge in [-0.1, -0.05) is 11.6 Å². The summed E-state index contributed by atoms with van der Waals surface area (Å²) in [7, 11) is 0. The van der Waals surface area contributed by atoms with Gasteiger partial charge in [0.2, 0.25) is 5.89 Å². The van der Waals surface area contributed by atoms with E-state index in [2.05, 4.69) is 20.7 Å². The Kier molecular flexibility index (Phi) is 4.39. The van der Waals surface area contributed by atoms with E-state index >= 15 is 0 Å². The highest BCUT2D eigenvalue weighted by Crippen LogP contribution is 2.42. The number of nitrogens with one attached hydrogen (secondary N) is 1. The maximum absolute atomic E-state index is 5.92. The molecule has 0 radical (unpaired) electrons. The van der Waals surface area contributed by atoms with Crippen LogP contribution in [0.15, 0.2) is 40.3 Å². The summed E-state index contributed by atoms with van der Waals surface area (Å²) < 4.78 is 5.87. The molecule has 1 aromatic carbocycles. The average molecular weight is 360 g/mol. The number of oxazole rings is 1. The fourth-order valence-electron chi connectivity index (χ4n) is 2.74. The molecule has 1 aliphatic rings. The minimum atomic E-state index is 0.301. The fourth-order valence-corrected chi connectivity index (χ4v) is 3.83.